The Balaban J connectivity index is 1.40. The molecule has 0 aromatic heterocycles. The molecule has 4 rings (SSSR count). The van der Waals surface area contributed by atoms with Crippen molar-refractivity contribution < 1.29 is 9.53 Å². The highest BCUT2D eigenvalue weighted by Crippen LogP contribution is 2.35. The van der Waals surface area contributed by atoms with E-state index in [4.69, 9.17) is 4.74 Å². The van der Waals surface area contributed by atoms with Crippen LogP contribution in [0.3, 0.4) is 0 Å². The van der Waals surface area contributed by atoms with Crippen molar-refractivity contribution in [3.8, 4) is 5.75 Å². The van der Waals surface area contributed by atoms with Crippen LogP contribution in [0.4, 0.5) is 0 Å². The molecule has 0 unspecified atom stereocenters. The van der Waals surface area contributed by atoms with Crippen LogP contribution >= 0.6 is 0 Å². The van der Waals surface area contributed by atoms with Gasteiger partial charge in [-0.05, 0) is 62.4 Å². The minimum absolute atomic E-state index is 0.0652. The number of carbonyl (C=O) groups is 1. The third kappa shape index (κ3) is 4.22. The number of rotatable bonds is 5. The van der Waals surface area contributed by atoms with E-state index in [1.807, 2.05) is 43.3 Å². The molecule has 1 N–H and O–H groups in total. The number of hydrogen-bond acceptors (Lipinski definition) is 3. The number of carbonyl (C=O) groups excluding carboxylic acids is 1. The predicted octanol–water partition coefficient (Wildman–Crippen LogP) is 4.32. The zero-order valence-corrected chi connectivity index (χ0v) is 16.9. The highest BCUT2D eigenvalue weighted by Gasteiger charge is 2.38. The minimum Gasteiger partial charge on any atom is -0.497 e. The van der Waals surface area contributed by atoms with E-state index in [0.717, 1.165) is 36.3 Å². The molecule has 2 atom stereocenters. The summed E-state index contributed by atoms with van der Waals surface area (Å²) in [4.78, 5) is 15.3. The van der Waals surface area contributed by atoms with E-state index in [1.54, 1.807) is 7.11 Å². The lowest BCUT2D eigenvalue weighted by atomic mass is 9.81. The van der Waals surface area contributed by atoms with Crippen LogP contribution in [-0.2, 0) is 6.54 Å². The Bertz CT molecular complexity index is 804. The van der Waals surface area contributed by atoms with Crippen molar-refractivity contribution in [1.82, 2.24) is 10.2 Å². The van der Waals surface area contributed by atoms with Crippen molar-refractivity contribution in [3.63, 3.8) is 0 Å². The first-order chi connectivity index (χ1) is 13.6. The summed E-state index contributed by atoms with van der Waals surface area (Å²) >= 11 is 0. The summed E-state index contributed by atoms with van der Waals surface area (Å²) in [6.45, 7) is 3.01. The second kappa shape index (κ2) is 8.36. The third-order valence-corrected chi connectivity index (χ3v) is 6.27. The van der Waals surface area contributed by atoms with Gasteiger partial charge >= 0.3 is 0 Å². The highest BCUT2D eigenvalue weighted by molar-refractivity contribution is 5.94. The molecule has 0 radical (unpaired) electrons. The molecule has 2 aromatic carbocycles. The van der Waals surface area contributed by atoms with Gasteiger partial charge in [-0.15, -0.1) is 0 Å². The molecule has 4 heteroatoms. The Morgan fingerprint density at radius 3 is 2.46 bits per heavy atom. The largest absolute Gasteiger partial charge is 0.497 e. The fourth-order valence-electron chi connectivity index (χ4n) is 4.85. The van der Waals surface area contributed by atoms with Gasteiger partial charge in [-0.1, -0.05) is 36.2 Å². The summed E-state index contributed by atoms with van der Waals surface area (Å²) in [6.07, 6.45) is 5.84. The maximum absolute atomic E-state index is 12.7. The van der Waals surface area contributed by atoms with Gasteiger partial charge in [0.15, 0.2) is 0 Å². The summed E-state index contributed by atoms with van der Waals surface area (Å²) in [7, 11) is 1.70. The Morgan fingerprint density at radius 1 is 1.11 bits per heavy atom. The number of nitrogens with zero attached hydrogens (tertiary/aromatic N) is 1. The fourth-order valence-corrected chi connectivity index (χ4v) is 4.85. The van der Waals surface area contributed by atoms with Crippen LogP contribution in [0.2, 0.25) is 0 Å². The van der Waals surface area contributed by atoms with Crippen molar-refractivity contribution in [3.05, 3.63) is 65.2 Å². The lowest BCUT2D eigenvalue weighted by Gasteiger charge is -2.49. The van der Waals surface area contributed by atoms with E-state index in [2.05, 4.69) is 22.3 Å². The number of piperidine rings is 2. The number of hydrogen-bond donors (Lipinski definition) is 1. The number of benzene rings is 2. The lowest BCUT2D eigenvalue weighted by Crippen LogP contribution is -2.56. The van der Waals surface area contributed by atoms with E-state index >= 15 is 0 Å². The van der Waals surface area contributed by atoms with Gasteiger partial charge in [0.1, 0.15) is 5.75 Å². The Morgan fingerprint density at radius 2 is 1.82 bits per heavy atom. The topological polar surface area (TPSA) is 41.6 Å². The van der Waals surface area contributed by atoms with E-state index in [9.17, 15) is 4.79 Å². The minimum atomic E-state index is 0.0652. The molecule has 148 valence electrons. The van der Waals surface area contributed by atoms with Crippen molar-refractivity contribution in [2.45, 2.75) is 63.7 Å². The molecule has 1 amide bonds. The number of methoxy groups -OCH3 is 1. The molecule has 2 bridgehead atoms. The zero-order chi connectivity index (χ0) is 19.5. The van der Waals surface area contributed by atoms with E-state index < -0.39 is 0 Å². The molecule has 0 aliphatic carbocycles. The first-order valence-corrected chi connectivity index (χ1v) is 10.4. The predicted molar refractivity (Wildman–Crippen MR) is 112 cm³/mol. The summed E-state index contributed by atoms with van der Waals surface area (Å²) in [5, 5.41) is 3.31. The Labute approximate surface area is 167 Å². The van der Waals surface area contributed by atoms with Gasteiger partial charge < -0.3 is 10.1 Å². The maximum atomic E-state index is 12.7. The van der Waals surface area contributed by atoms with E-state index in [-0.39, 0.29) is 11.9 Å². The number of amides is 1. The molecule has 2 fully saturated rings. The van der Waals surface area contributed by atoms with Gasteiger partial charge in [0.25, 0.3) is 5.91 Å². The standard InChI is InChI=1S/C24H30N2O2/c1-17-5-3-6-19(13-17)24(27)25-20-14-21-7-4-8-22(15-20)26(21)16-18-9-11-23(28-2)12-10-18/h3,5-6,9-13,20-22H,4,7-8,14-16H2,1-2H3,(H,25,27)/t21-,22-/m0/s1. The smallest absolute Gasteiger partial charge is 0.251 e. The molecule has 2 aromatic rings. The van der Waals surface area contributed by atoms with Gasteiger partial charge in [-0.3, -0.25) is 9.69 Å². The first kappa shape index (κ1) is 19.0. The van der Waals surface area contributed by atoms with Crippen LogP contribution in [0.5, 0.6) is 5.75 Å². The van der Waals surface area contributed by atoms with Crippen LogP contribution in [0.25, 0.3) is 0 Å². The molecule has 0 spiro atoms. The Hall–Kier alpha value is -2.33. The summed E-state index contributed by atoms with van der Waals surface area (Å²) in [6, 6.07) is 17.7. The average molecular weight is 379 g/mol. The van der Waals surface area contributed by atoms with Crippen molar-refractivity contribution in [2.24, 2.45) is 0 Å². The molecule has 2 aliphatic heterocycles. The fraction of sp³-hybridized carbons (Fsp3) is 0.458. The normalized spacial score (nSPS) is 24.6. The number of ether oxygens (including phenoxy) is 1. The quantitative estimate of drug-likeness (QED) is 0.842. The maximum Gasteiger partial charge on any atom is 0.251 e. The van der Waals surface area contributed by atoms with Gasteiger partial charge in [0, 0.05) is 30.2 Å². The Kier molecular flexibility index (Phi) is 5.67. The van der Waals surface area contributed by atoms with Gasteiger partial charge in [0.2, 0.25) is 0 Å². The SMILES string of the molecule is COc1ccc(CN2[C@H]3CCC[C@H]2CC(NC(=O)c2cccc(C)c2)C3)cc1. The first-order valence-electron chi connectivity index (χ1n) is 10.4. The molecule has 28 heavy (non-hydrogen) atoms. The van der Waals surface area contributed by atoms with Gasteiger partial charge in [-0.2, -0.15) is 0 Å². The summed E-state index contributed by atoms with van der Waals surface area (Å²) < 4.78 is 5.27. The summed E-state index contributed by atoms with van der Waals surface area (Å²) in [5.41, 5.74) is 3.23. The van der Waals surface area contributed by atoms with E-state index in [0.29, 0.717) is 12.1 Å². The van der Waals surface area contributed by atoms with Crippen LogP contribution in [0, 0.1) is 6.92 Å². The van der Waals surface area contributed by atoms with Crippen LogP contribution < -0.4 is 10.1 Å². The van der Waals surface area contributed by atoms with Crippen LogP contribution in [0.15, 0.2) is 48.5 Å². The van der Waals surface area contributed by atoms with Crippen molar-refractivity contribution in [1.29, 1.82) is 0 Å². The van der Waals surface area contributed by atoms with Crippen LogP contribution in [-0.4, -0.2) is 36.0 Å². The monoisotopic (exact) mass is 378 g/mol. The molecule has 4 nitrogen and oxygen atoms in total. The van der Waals surface area contributed by atoms with Crippen LogP contribution in [0.1, 0.15) is 53.6 Å². The van der Waals surface area contributed by atoms with Gasteiger partial charge in [-0.25, -0.2) is 0 Å². The lowest BCUT2D eigenvalue weighted by molar-refractivity contribution is 0.0177. The average Bonchev–Trinajstić information content (AvgIpc) is 2.69. The van der Waals surface area contributed by atoms with Crippen molar-refractivity contribution >= 4 is 5.91 Å². The molecule has 2 heterocycles. The molecular weight excluding hydrogens is 348 g/mol. The molecule has 0 saturated carbocycles. The second-order valence-corrected chi connectivity index (χ2v) is 8.27. The number of aryl methyl sites for hydroxylation is 1. The van der Waals surface area contributed by atoms with E-state index in [1.165, 1.54) is 24.8 Å². The molecule has 2 aliphatic rings. The highest BCUT2D eigenvalue weighted by atomic mass is 16.5. The van der Waals surface area contributed by atoms with Gasteiger partial charge in [0.05, 0.1) is 7.11 Å². The summed E-state index contributed by atoms with van der Waals surface area (Å²) in [5.74, 6) is 0.969. The third-order valence-electron chi connectivity index (χ3n) is 6.27. The second-order valence-electron chi connectivity index (χ2n) is 8.27. The zero-order valence-electron chi connectivity index (χ0n) is 16.9. The van der Waals surface area contributed by atoms with Crippen molar-refractivity contribution in [2.75, 3.05) is 7.11 Å². The number of nitrogens with one attached hydrogen (secondary N) is 1. The molecule has 2 saturated heterocycles. The molecular formula is C24H30N2O2. The number of fused-ring (bicyclic) bond motifs is 2.